The molecule has 0 unspecified atom stereocenters. The Morgan fingerprint density at radius 1 is 1.32 bits per heavy atom. The molecule has 2 aromatic rings. The summed E-state index contributed by atoms with van der Waals surface area (Å²) in [6.45, 7) is 2.80. The summed E-state index contributed by atoms with van der Waals surface area (Å²) < 4.78 is 13.6. The number of rotatable bonds is 6. The normalized spacial score (nSPS) is 18.8. The van der Waals surface area contributed by atoms with Crippen LogP contribution >= 0.6 is 11.8 Å². The van der Waals surface area contributed by atoms with Gasteiger partial charge in [0, 0.05) is 6.04 Å². The highest BCUT2D eigenvalue weighted by atomic mass is 32.2. The van der Waals surface area contributed by atoms with Crippen LogP contribution in [-0.4, -0.2) is 45.7 Å². The lowest BCUT2D eigenvalue weighted by atomic mass is 10.2. The first kappa shape index (κ1) is 16.3. The van der Waals surface area contributed by atoms with Gasteiger partial charge < -0.3 is 19.4 Å². The van der Waals surface area contributed by atoms with Gasteiger partial charge in [0.2, 0.25) is 5.91 Å². The van der Waals surface area contributed by atoms with Crippen molar-refractivity contribution in [3.05, 3.63) is 30.1 Å². The van der Waals surface area contributed by atoms with Crippen molar-refractivity contribution in [3.8, 4) is 11.5 Å². The molecular formula is C17H20N4O3S. The average molecular weight is 360 g/mol. The molecular weight excluding hydrogens is 340 g/mol. The number of fused-ring (bicyclic) bond motifs is 1. The van der Waals surface area contributed by atoms with Gasteiger partial charge in [0.05, 0.1) is 12.3 Å². The van der Waals surface area contributed by atoms with Crippen LogP contribution in [0.15, 0.2) is 29.4 Å². The number of amides is 1. The number of para-hydroxylation sites is 2. The third kappa shape index (κ3) is 3.73. The van der Waals surface area contributed by atoms with Gasteiger partial charge in [-0.05, 0) is 31.9 Å². The summed E-state index contributed by atoms with van der Waals surface area (Å²) in [7, 11) is 0. The van der Waals surface area contributed by atoms with Crippen molar-refractivity contribution in [1.82, 2.24) is 20.1 Å². The molecule has 0 radical (unpaired) electrons. The van der Waals surface area contributed by atoms with Gasteiger partial charge in [-0.15, -0.1) is 10.2 Å². The molecule has 1 aromatic carbocycles. The second-order valence-electron chi connectivity index (χ2n) is 6.22. The van der Waals surface area contributed by atoms with Gasteiger partial charge in [-0.25, -0.2) is 0 Å². The van der Waals surface area contributed by atoms with Crippen LogP contribution in [0.2, 0.25) is 0 Å². The number of carbonyl (C=O) groups excluding carboxylic acids is 1. The second kappa shape index (κ2) is 6.95. The molecule has 0 bridgehead atoms. The summed E-state index contributed by atoms with van der Waals surface area (Å²) >= 11 is 1.42. The van der Waals surface area contributed by atoms with E-state index in [4.69, 9.17) is 9.47 Å². The fourth-order valence-corrected chi connectivity index (χ4v) is 3.66. The molecule has 0 saturated heterocycles. The Hall–Kier alpha value is -2.22. The zero-order valence-electron chi connectivity index (χ0n) is 14.0. The van der Waals surface area contributed by atoms with Gasteiger partial charge in [0.1, 0.15) is 18.5 Å². The molecule has 1 fully saturated rings. The smallest absolute Gasteiger partial charge is 0.230 e. The van der Waals surface area contributed by atoms with E-state index in [1.807, 2.05) is 31.2 Å². The molecule has 25 heavy (non-hydrogen) atoms. The molecule has 1 aliphatic heterocycles. The van der Waals surface area contributed by atoms with Crippen molar-refractivity contribution < 1.29 is 14.3 Å². The number of benzene rings is 1. The zero-order valence-corrected chi connectivity index (χ0v) is 14.8. The molecule has 4 rings (SSSR count). The molecule has 1 amide bonds. The maximum absolute atomic E-state index is 12.1. The minimum Gasteiger partial charge on any atom is -0.486 e. The Kier molecular flexibility index (Phi) is 4.52. The molecule has 1 atom stereocenters. The van der Waals surface area contributed by atoms with Gasteiger partial charge in [0.25, 0.3) is 0 Å². The summed E-state index contributed by atoms with van der Waals surface area (Å²) in [6.07, 6.45) is 2.15. The van der Waals surface area contributed by atoms with Crippen LogP contribution in [0.25, 0.3) is 0 Å². The Balaban J connectivity index is 1.25. The number of ether oxygens (including phenoxy) is 2. The van der Waals surface area contributed by atoms with E-state index in [9.17, 15) is 4.79 Å². The predicted molar refractivity (Wildman–Crippen MR) is 93.1 cm³/mol. The van der Waals surface area contributed by atoms with Gasteiger partial charge in [-0.1, -0.05) is 23.9 Å². The van der Waals surface area contributed by atoms with Crippen molar-refractivity contribution in [3.63, 3.8) is 0 Å². The minimum atomic E-state index is -0.179. The van der Waals surface area contributed by atoms with Gasteiger partial charge in [0.15, 0.2) is 16.7 Å². The zero-order chi connectivity index (χ0) is 17.2. The molecule has 2 aliphatic rings. The predicted octanol–water partition coefficient (Wildman–Crippen LogP) is 1.97. The topological polar surface area (TPSA) is 78.3 Å². The van der Waals surface area contributed by atoms with Crippen molar-refractivity contribution in [1.29, 1.82) is 0 Å². The molecule has 1 saturated carbocycles. The van der Waals surface area contributed by atoms with Gasteiger partial charge in [-0.2, -0.15) is 0 Å². The first-order valence-electron chi connectivity index (χ1n) is 8.40. The summed E-state index contributed by atoms with van der Waals surface area (Å²) in [6, 6.07) is 8.06. The fourth-order valence-electron chi connectivity index (χ4n) is 2.77. The number of aryl methyl sites for hydroxylation is 1. The van der Waals surface area contributed by atoms with E-state index in [0.717, 1.165) is 22.5 Å². The molecule has 0 spiro atoms. The lowest BCUT2D eigenvalue weighted by Crippen LogP contribution is -2.41. The number of hydrogen-bond donors (Lipinski definition) is 1. The molecule has 132 valence electrons. The molecule has 7 nitrogen and oxygen atoms in total. The lowest BCUT2D eigenvalue weighted by Gasteiger charge is -2.26. The van der Waals surface area contributed by atoms with E-state index in [1.165, 1.54) is 24.6 Å². The number of carbonyl (C=O) groups is 1. The standard InChI is InChI=1S/C17H20N4O3S/c1-11-19-20-17(21(11)12-6-7-12)25-10-16(22)18-8-13-9-23-14-4-2-3-5-15(14)24-13/h2-5,12-13H,6-10H2,1H3,(H,18,22)/t13-/m1/s1. The maximum Gasteiger partial charge on any atom is 0.230 e. The number of nitrogens with one attached hydrogen (secondary N) is 1. The van der Waals surface area contributed by atoms with Crippen molar-refractivity contribution in [2.45, 2.75) is 37.1 Å². The Morgan fingerprint density at radius 2 is 2.12 bits per heavy atom. The monoisotopic (exact) mass is 360 g/mol. The molecule has 1 N–H and O–H groups in total. The van der Waals surface area contributed by atoms with Gasteiger partial charge >= 0.3 is 0 Å². The van der Waals surface area contributed by atoms with Gasteiger partial charge in [-0.3, -0.25) is 4.79 Å². The number of hydrogen-bond acceptors (Lipinski definition) is 6. The molecule has 2 heterocycles. The molecule has 1 aliphatic carbocycles. The van der Waals surface area contributed by atoms with E-state index in [0.29, 0.717) is 24.9 Å². The van der Waals surface area contributed by atoms with E-state index < -0.39 is 0 Å². The number of thioether (sulfide) groups is 1. The average Bonchev–Trinajstić information content (AvgIpc) is 3.40. The quantitative estimate of drug-likeness (QED) is 0.794. The summed E-state index contributed by atoms with van der Waals surface area (Å²) in [4.78, 5) is 12.1. The van der Waals surface area contributed by atoms with E-state index in [2.05, 4.69) is 20.1 Å². The lowest BCUT2D eigenvalue weighted by molar-refractivity contribution is -0.119. The largest absolute Gasteiger partial charge is 0.486 e. The van der Waals surface area contributed by atoms with Crippen LogP contribution in [0.3, 0.4) is 0 Å². The van der Waals surface area contributed by atoms with E-state index >= 15 is 0 Å². The van der Waals surface area contributed by atoms with Crippen LogP contribution in [0, 0.1) is 6.92 Å². The van der Waals surface area contributed by atoms with Crippen LogP contribution in [-0.2, 0) is 4.79 Å². The third-order valence-electron chi connectivity index (χ3n) is 4.17. The van der Waals surface area contributed by atoms with E-state index in [1.54, 1.807) is 0 Å². The maximum atomic E-state index is 12.1. The van der Waals surface area contributed by atoms with Crippen molar-refractivity contribution in [2.24, 2.45) is 0 Å². The first-order valence-corrected chi connectivity index (χ1v) is 9.39. The Labute approximate surface area is 150 Å². The highest BCUT2D eigenvalue weighted by molar-refractivity contribution is 7.99. The van der Waals surface area contributed by atoms with Crippen LogP contribution in [0.5, 0.6) is 11.5 Å². The van der Waals surface area contributed by atoms with Crippen LogP contribution in [0.1, 0.15) is 24.7 Å². The summed E-state index contributed by atoms with van der Waals surface area (Å²) in [5, 5.41) is 12.0. The minimum absolute atomic E-state index is 0.0459. The molecule has 8 heteroatoms. The number of nitrogens with zero attached hydrogens (tertiary/aromatic N) is 3. The SMILES string of the molecule is Cc1nnc(SCC(=O)NC[C@@H]2COc3ccccc3O2)n1C1CC1. The summed E-state index contributed by atoms with van der Waals surface area (Å²) in [5.41, 5.74) is 0. The summed E-state index contributed by atoms with van der Waals surface area (Å²) in [5.74, 6) is 2.65. The van der Waals surface area contributed by atoms with E-state index in [-0.39, 0.29) is 12.0 Å². The molecule has 1 aromatic heterocycles. The first-order chi connectivity index (χ1) is 12.2. The Morgan fingerprint density at radius 3 is 2.92 bits per heavy atom. The van der Waals surface area contributed by atoms with Crippen molar-refractivity contribution >= 4 is 17.7 Å². The van der Waals surface area contributed by atoms with Crippen molar-refractivity contribution in [2.75, 3.05) is 18.9 Å². The highest BCUT2D eigenvalue weighted by Gasteiger charge is 2.28. The fraction of sp³-hybridized carbons (Fsp3) is 0.471. The Bertz CT molecular complexity index is 775. The number of aromatic nitrogens is 3. The second-order valence-corrected chi connectivity index (χ2v) is 7.16. The third-order valence-corrected chi connectivity index (χ3v) is 5.12. The van der Waals surface area contributed by atoms with Crippen LogP contribution < -0.4 is 14.8 Å². The highest BCUT2D eigenvalue weighted by Crippen LogP contribution is 2.38. The van der Waals surface area contributed by atoms with Crippen LogP contribution in [0.4, 0.5) is 0 Å².